The van der Waals surface area contributed by atoms with Crippen molar-refractivity contribution >= 4 is 27.5 Å². The maximum absolute atomic E-state index is 5.76. The molecule has 0 fully saturated rings. The molecule has 72 valence electrons. The van der Waals surface area contributed by atoms with Gasteiger partial charge in [-0.3, -0.25) is 0 Å². The molecule has 0 aliphatic rings. The summed E-state index contributed by atoms with van der Waals surface area (Å²) in [6, 6.07) is 7.74. The van der Waals surface area contributed by atoms with E-state index in [1.165, 1.54) is 0 Å². The van der Waals surface area contributed by atoms with E-state index in [1.54, 1.807) is 0 Å². The molecule has 0 heterocycles. The van der Waals surface area contributed by atoms with Gasteiger partial charge >= 0.3 is 0 Å². The number of benzene rings is 1. The first-order chi connectivity index (χ1) is 6.05. The van der Waals surface area contributed by atoms with Crippen LogP contribution in [0.1, 0.15) is 13.8 Å². The second-order valence-electron chi connectivity index (χ2n) is 3.43. The van der Waals surface area contributed by atoms with Crippen molar-refractivity contribution in [1.82, 2.24) is 0 Å². The summed E-state index contributed by atoms with van der Waals surface area (Å²) in [5.41, 5.74) is -0.328. The van der Waals surface area contributed by atoms with E-state index in [9.17, 15) is 0 Å². The van der Waals surface area contributed by atoms with Crippen molar-refractivity contribution in [2.75, 3.05) is 5.88 Å². The Labute approximate surface area is 92.2 Å². The van der Waals surface area contributed by atoms with E-state index in [0.717, 1.165) is 10.2 Å². The SMILES string of the molecule is CC(C)(CCl)Oc1ccccc1Br. The van der Waals surface area contributed by atoms with Gasteiger partial charge in [0.15, 0.2) is 0 Å². The molecule has 0 unspecified atom stereocenters. The Kier molecular flexibility index (Phi) is 3.63. The molecule has 3 heteroatoms. The van der Waals surface area contributed by atoms with Crippen LogP contribution in [0, 0.1) is 0 Å². The van der Waals surface area contributed by atoms with Crippen LogP contribution in [0.4, 0.5) is 0 Å². The van der Waals surface area contributed by atoms with E-state index in [-0.39, 0.29) is 5.60 Å². The van der Waals surface area contributed by atoms with Crippen molar-refractivity contribution in [1.29, 1.82) is 0 Å². The highest BCUT2D eigenvalue weighted by atomic mass is 79.9. The Hall–Kier alpha value is -0.210. The van der Waals surface area contributed by atoms with Crippen molar-refractivity contribution < 1.29 is 4.74 Å². The lowest BCUT2D eigenvalue weighted by molar-refractivity contribution is 0.133. The van der Waals surface area contributed by atoms with Crippen LogP contribution < -0.4 is 4.74 Å². The second kappa shape index (κ2) is 4.34. The Morgan fingerprint density at radius 3 is 2.54 bits per heavy atom. The van der Waals surface area contributed by atoms with Gasteiger partial charge in [-0.1, -0.05) is 12.1 Å². The Balaban J connectivity index is 2.80. The lowest BCUT2D eigenvalue weighted by Gasteiger charge is -2.24. The van der Waals surface area contributed by atoms with Gasteiger partial charge in [-0.05, 0) is 41.9 Å². The molecule has 0 radical (unpaired) electrons. The number of ether oxygens (including phenoxy) is 1. The fourth-order valence-corrected chi connectivity index (χ4v) is 1.27. The first-order valence-electron chi connectivity index (χ1n) is 4.05. The summed E-state index contributed by atoms with van der Waals surface area (Å²) < 4.78 is 6.65. The number of rotatable bonds is 3. The third-order valence-corrected chi connectivity index (χ3v) is 2.84. The molecule has 0 spiro atoms. The maximum Gasteiger partial charge on any atom is 0.134 e. The van der Waals surface area contributed by atoms with Crippen molar-refractivity contribution in [3.63, 3.8) is 0 Å². The van der Waals surface area contributed by atoms with E-state index in [4.69, 9.17) is 16.3 Å². The topological polar surface area (TPSA) is 9.23 Å². The molecule has 0 atom stereocenters. The molecule has 1 aromatic carbocycles. The summed E-state index contributed by atoms with van der Waals surface area (Å²) in [4.78, 5) is 0. The van der Waals surface area contributed by atoms with E-state index >= 15 is 0 Å². The summed E-state index contributed by atoms with van der Waals surface area (Å²) >= 11 is 9.17. The zero-order valence-corrected chi connectivity index (χ0v) is 10.0. The summed E-state index contributed by atoms with van der Waals surface area (Å²) in [6.07, 6.45) is 0. The molecule has 0 aliphatic heterocycles. The lowest BCUT2D eigenvalue weighted by atomic mass is 10.2. The monoisotopic (exact) mass is 262 g/mol. The van der Waals surface area contributed by atoms with Gasteiger partial charge in [-0.2, -0.15) is 0 Å². The van der Waals surface area contributed by atoms with Crippen LogP contribution in [-0.2, 0) is 0 Å². The fourth-order valence-electron chi connectivity index (χ4n) is 0.852. The number of para-hydroxylation sites is 1. The molecule has 0 bridgehead atoms. The molecule has 0 aliphatic carbocycles. The molecule has 0 saturated heterocycles. The predicted molar refractivity (Wildman–Crippen MR) is 59.6 cm³/mol. The Bertz CT molecular complexity index is 286. The summed E-state index contributed by atoms with van der Waals surface area (Å²) in [6.45, 7) is 3.92. The number of halogens is 2. The molecule has 0 aromatic heterocycles. The van der Waals surface area contributed by atoms with Gasteiger partial charge in [0.2, 0.25) is 0 Å². The maximum atomic E-state index is 5.76. The van der Waals surface area contributed by atoms with Crippen molar-refractivity contribution in [3.8, 4) is 5.75 Å². The lowest BCUT2D eigenvalue weighted by Crippen LogP contribution is -2.30. The van der Waals surface area contributed by atoms with Gasteiger partial charge in [-0.25, -0.2) is 0 Å². The van der Waals surface area contributed by atoms with Crippen LogP contribution in [0.5, 0.6) is 5.75 Å². The largest absolute Gasteiger partial charge is 0.485 e. The van der Waals surface area contributed by atoms with Crippen LogP contribution in [0.15, 0.2) is 28.7 Å². The minimum atomic E-state index is -0.328. The smallest absolute Gasteiger partial charge is 0.134 e. The molecule has 0 amide bonds. The van der Waals surface area contributed by atoms with Gasteiger partial charge < -0.3 is 4.74 Å². The van der Waals surface area contributed by atoms with E-state index < -0.39 is 0 Å². The molecule has 0 saturated carbocycles. The molecule has 13 heavy (non-hydrogen) atoms. The zero-order chi connectivity index (χ0) is 9.90. The highest BCUT2D eigenvalue weighted by Gasteiger charge is 2.18. The first kappa shape index (κ1) is 10.9. The van der Waals surface area contributed by atoms with Crippen LogP contribution in [-0.4, -0.2) is 11.5 Å². The standard InChI is InChI=1S/C10H12BrClO/c1-10(2,7-12)13-9-6-4-3-5-8(9)11/h3-6H,7H2,1-2H3. The normalized spacial score (nSPS) is 11.4. The van der Waals surface area contributed by atoms with Gasteiger partial charge in [0.05, 0.1) is 10.4 Å². The molecular weight excluding hydrogens is 251 g/mol. The summed E-state index contributed by atoms with van der Waals surface area (Å²) in [5, 5.41) is 0. The quantitative estimate of drug-likeness (QED) is 0.753. The van der Waals surface area contributed by atoms with Crippen LogP contribution in [0.2, 0.25) is 0 Å². The van der Waals surface area contributed by atoms with Gasteiger partial charge in [-0.15, -0.1) is 11.6 Å². The highest BCUT2D eigenvalue weighted by molar-refractivity contribution is 9.10. The first-order valence-corrected chi connectivity index (χ1v) is 5.37. The number of hydrogen-bond donors (Lipinski definition) is 0. The van der Waals surface area contributed by atoms with Gasteiger partial charge in [0, 0.05) is 0 Å². The summed E-state index contributed by atoms with van der Waals surface area (Å²) in [5.74, 6) is 1.29. The van der Waals surface area contributed by atoms with E-state index in [1.807, 2.05) is 38.1 Å². The van der Waals surface area contributed by atoms with Crippen molar-refractivity contribution in [2.45, 2.75) is 19.4 Å². The van der Waals surface area contributed by atoms with Crippen LogP contribution in [0.25, 0.3) is 0 Å². The van der Waals surface area contributed by atoms with Gasteiger partial charge in [0.25, 0.3) is 0 Å². The summed E-state index contributed by atoms with van der Waals surface area (Å²) in [7, 11) is 0. The molecule has 1 aromatic rings. The molecule has 1 rings (SSSR count). The average Bonchev–Trinajstić information content (AvgIpc) is 2.09. The third kappa shape index (κ3) is 3.20. The molecule has 0 N–H and O–H groups in total. The predicted octanol–water partition coefficient (Wildman–Crippen LogP) is 3.85. The zero-order valence-electron chi connectivity index (χ0n) is 7.68. The van der Waals surface area contributed by atoms with Crippen LogP contribution in [0.3, 0.4) is 0 Å². The highest BCUT2D eigenvalue weighted by Crippen LogP contribution is 2.27. The average molecular weight is 264 g/mol. The van der Waals surface area contributed by atoms with Crippen molar-refractivity contribution in [2.24, 2.45) is 0 Å². The van der Waals surface area contributed by atoms with E-state index in [0.29, 0.717) is 5.88 Å². The molecular formula is C10H12BrClO. The fraction of sp³-hybridized carbons (Fsp3) is 0.400. The van der Waals surface area contributed by atoms with E-state index in [2.05, 4.69) is 15.9 Å². The molecule has 1 nitrogen and oxygen atoms in total. The Morgan fingerprint density at radius 2 is 2.00 bits per heavy atom. The minimum Gasteiger partial charge on any atom is -0.485 e. The third-order valence-electron chi connectivity index (χ3n) is 1.54. The number of hydrogen-bond acceptors (Lipinski definition) is 1. The number of alkyl halides is 1. The minimum absolute atomic E-state index is 0.328. The Morgan fingerprint density at radius 1 is 1.38 bits per heavy atom. The second-order valence-corrected chi connectivity index (χ2v) is 4.55. The van der Waals surface area contributed by atoms with Crippen LogP contribution >= 0.6 is 27.5 Å². The van der Waals surface area contributed by atoms with Gasteiger partial charge in [0.1, 0.15) is 11.4 Å². The van der Waals surface area contributed by atoms with Crippen molar-refractivity contribution in [3.05, 3.63) is 28.7 Å².